The highest BCUT2D eigenvalue weighted by atomic mass is 35.5. The molecule has 1 amide bonds. The molecule has 1 aliphatic heterocycles. The number of hydrogen-bond acceptors (Lipinski definition) is 6. The molecule has 4 rings (SSSR count). The summed E-state index contributed by atoms with van der Waals surface area (Å²) in [6, 6.07) is 13.7. The van der Waals surface area contributed by atoms with Gasteiger partial charge in [-0.3, -0.25) is 10.2 Å². The minimum Gasteiger partial charge on any atom is -0.285 e. The van der Waals surface area contributed by atoms with Crippen LogP contribution in [-0.2, 0) is 9.84 Å². The molecule has 0 saturated carbocycles. The number of halogens is 2. The van der Waals surface area contributed by atoms with Gasteiger partial charge in [-0.2, -0.15) is 10.4 Å². The first-order valence-electron chi connectivity index (χ1n) is 12.9. The van der Waals surface area contributed by atoms with Crippen molar-refractivity contribution in [2.75, 3.05) is 0 Å². The van der Waals surface area contributed by atoms with E-state index >= 15 is 0 Å². The molecule has 2 aromatic carbocycles. The van der Waals surface area contributed by atoms with E-state index in [0.29, 0.717) is 50.9 Å². The van der Waals surface area contributed by atoms with Crippen molar-refractivity contribution in [2.24, 2.45) is 0 Å². The molecule has 8 nitrogen and oxygen atoms in total. The maximum absolute atomic E-state index is 13.8. The molecule has 1 aromatic heterocycles. The van der Waals surface area contributed by atoms with Crippen molar-refractivity contribution in [1.82, 2.24) is 20.2 Å². The molecule has 0 spiro atoms. The van der Waals surface area contributed by atoms with Crippen molar-refractivity contribution in [2.45, 2.75) is 39.5 Å². The SMILES string of the molecule is [B]C1([B])N(NC(=O)c2nn(-c3ccc(Cl)cc3Cl)c(-c3ccc(C#CCCC#N)cc3)c2C)C([B])([B])C([B])([B])S(=O)(=O)C1([B])[B]. The molecule has 45 heavy (non-hydrogen) atoms. The van der Waals surface area contributed by atoms with Crippen LogP contribution in [0.5, 0.6) is 0 Å². The number of amides is 1. The van der Waals surface area contributed by atoms with Gasteiger partial charge < -0.3 is 0 Å². The predicted molar refractivity (Wildman–Crippen MR) is 181 cm³/mol. The summed E-state index contributed by atoms with van der Waals surface area (Å²) >= 11 is 12.6. The smallest absolute Gasteiger partial charge is 0.285 e. The molecule has 19 heteroatoms. The summed E-state index contributed by atoms with van der Waals surface area (Å²) < 4.78 is 21.4. The molecule has 0 atom stereocenters. The van der Waals surface area contributed by atoms with Crippen LogP contribution in [0.1, 0.15) is 34.5 Å². The van der Waals surface area contributed by atoms with Crippen molar-refractivity contribution in [3.8, 4) is 34.9 Å². The minimum absolute atomic E-state index is 0.206. The molecule has 1 fully saturated rings. The summed E-state index contributed by atoms with van der Waals surface area (Å²) in [6.07, 6.45) is 0.731. The third kappa shape index (κ3) is 5.61. The van der Waals surface area contributed by atoms with Crippen molar-refractivity contribution >= 4 is 102 Å². The van der Waals surface area contributed by atoms with E-state index < -0.39 is 35.5 Å². The molecule has 2 heterocycles. The summed E-state index contributed by atoms with van der Waals surface area (Å²) in [4.78, 5) is 13.8. The normalized spacial score (nSPS) is 19.0. The van der Waals surface area contributed by atoms with E-state index in [9.17, 15) is 13.2 Å². The van der Waals surface area contributed by atoms with Crippen molar-refractivity contribution < 1.29 is 13.2 Å². The van der Waals surface area contributed by atoms with E-state index in [1.54, 1.807) is 43.3 Å². The first-order valence-corrected chi connectivity index (χ1v) is 15.2. The van der Waals surface area contributed by atoms with Crippen molar-refractivity contribution in [1.29, 1.82) is 5.26 Å². The van der Waals surface area contributed by atoms with Crippen LogP contribution < -0.4 is 5.43 Å². The number of sulfone groups is 1. The average Bonchev–Trinajstić information content (AvgIpc) is 3.29. The lowest BCUT2D eigenvalue weighted by Gasteiger charge is -2.68. The van der Waals surface area contributed by atoms with Gasteiger partial charge in [0.15, 0.2) is 5.69 Å². The molecular formula is C26H15B8Cl2N5O3S. The molecule has 0 aliphatic carbocycles. The Bertz CT molecular complexity index is 1870. The molecular weight excluding hydrogens is 620 g/mol. The number of carbonyl (C=O) groups excluding carboxylic acids is 1. The summed E-state index contributed by atoms with van der Waals surface area (Å²) in [5.74, 6) is 4.87. The fraction of sp³-hybridized carbons (Fsp3) is 0.269. The Hall–Kier alpha value is -2.82. The van der Waals surface area contributed by atoms with Crippen LogP contribution in [-0.4, -0.2) is 112 Å². The van der Waals surface area contributed by atoms with E-state index in [4.69, 9.17) is 91.2 Å². The highest BCUT2D eigenvalue weighted by Gasteiger charge is 2.65. The van der Waals surface area contributed by atoms with Gasteiger partial charge in [-0.25, -0.2) is 18.1 Å². The highest BCUT2D eigenvalue weighted by Crippen LogP contribution is 2.44. The number of nitrogens with one attached hydrogen (secondary N) is 1. The lowest BCUT2D eigenvalue weighted by atomic mass is 9.35. The summed E-state index contributed by atoms with van der Waals surface area (Å²) in [7, 11) is 42.5. The topological polar surface area (TPSA) is 108 Å². The lowest BCUT2D eigenvalue weighted by Crippen LogP contribution is -2.90. The number of hydrazine groups is 1. The number of aromatic nitrogens is 2. The van der Waals surface area contributed by atoms with E-state index in [2.05, 4.69) is 22.4 Å². The fourth-order valence-electron chi connectivity index (χ4n) is 4.58. The molecule has 3 aromatic rings. The largest absolute Gasteiger partial charge is 0.286 e. The van der Waals surface area contributed by atoms with E-state index in [1.807, 2.05) is 6.07 Å². The van der Waals surface area contributed by atoms with E-state index in [-0.39, 0.29) is 10.7 Å². The standard InChI is InChI=1S/C26H15B8Cl2N5O3S/c1-14-20(22(42)39-41-23(27,28)25(31,32)45(43,44)26(33,34)24(41,29)30)38-40(19-11-10-17(35)13-18(19)36)21(14)16-8-6-15(7-9-16)5-3-2-4-12-37/h6-11,13H,2,4H2,1H3,(H,39,42). The third-order valence-corrected chi connectivity index (χ3v) is 10.3. The Morgan fingerprint density at radius 2 is 1.53 bits per heavy atom. The first-order chi connectivity index (χ1) is 20.7. The fourth-order valence-corrected chi connectivity index (χ4v) is 6.67. The number of carbonyl (C=O) groups is 1. The van der Waals surface area contributed by atoms with Gasteiger partial charge in [0.05, 0.1) is 85.2 Å². The predicted octanol–water partition coefficient (Wildman–Crippen LogP) is 0.148. The zero-order valence-electron chi connectivity index (χ0n) is 23.8. The third-order valence-electron chi connectivity index (χ3n) is 7.32. The van der Waals surface area contributed by atoms with Gasteiger partial charge in [0.2, 0.25) is 0 Å². The lowest BCUT2D eigenvalue weighted by molar-refractivity contribution is 0.0583. The van der Waals surface area contributed by atoms with Gasteiger partial charge in [0.25, 0.3) is 5.91 Å². The quantitative estimate of drug-likeness (QED) is 0.243. The highest BCUT2D eigenvalue weighted by molar-refractivity contribution is 7.99. The minimum atomic E-state index is -5.04. The van der Waals surface area contributed by atoms with Gasteiger partial charge in [0.1, 0.15) is 9.84 Å². The van der Waals surface area contributed by atoms with Crippen LogP contribution in [0.15, 0.2) is 42.5 Å². The Morgan fingerprint density at radius 1 is 0.956 bits per heavy atom. The monoisotopic (exact) mass is 635 g/mol. The van der Waals surface area contributed by atoms with Gasteiger partial charge in [-0.15, -0.1) is 0 Å². The van der Waals surface area contributed by atoms with Crippen molar-refractivity contribution in [3.63, 3.8) is 0 Å². The maximum Gasteiger partial charge on any atom is 0.286 e. The number of nitrogens with zero attached hydrogens (tertiary/aromatic N) is 4. The van der Waals surface area contributed by atoms with Gasteiger partial charge in [-0.1, -0.05) is 47.2 Å². The Balaban J connectivity index is 1.85. The van der Waals surface area contributed by atoms with Crippen LogP contribution >= 0.6 is 23.2 Å². The number of benzene rings is 2. The summed E-state index contributed by atoms with van der Waals surface area (Å²) in [6.45, 7) is 1.59. The van der Waals surface area contributed by atoms with E-state index in [1.165, 1.54) is 10.7 Å². The number of unbranched alkanes of at least 4 members (excludes halogenated alkanes) is 1. The number of rotatable bonds is 5. The summed E-state index contributed by atoms with van der Waals surface area (Å²) in [5, 5.41) is 8.45. The molecule has 16 radical (unpaired) electrons. The zero-order chi connectivity index (χ0) is 33.8. The van der Waals surface area contributed by atoms with Crippen LogP contribution in [0.25, 0.3) is 16.9 Å². The molecule has 206 valence electrons. The zero-order valence-corrected chi connectivity index (χ0v) is 26.1. The first kappa shape index (κ1) is 35.0. The van der Waals surface area contributed by atoms with E-state index in [0.717, 1.165) is 0 Å². The molecule has 1 aliphatic rings. The second-order valence-corrected chi connectivity index (χ2v) is 13.6. The van der Waals surface area contributed by atoms with Crippen molar-refractivity contribution in [3.05, 3.63) is 69.3 Å². The molecule has 0 bridgehead atoms. The number of nitriles is 1. The second-order valence-electron chi connectivity index (χ2n) is 10.4. The number of hydrogen-bond donors (Lipinski definition) is 1. The van der Waals surface area contributed by atoms with Crippen LogP contribution in [0.2, 0.25) is 10.0 Å². The van der Waals surface area contributed by atoms with Crippen LogP contribution in [0, 0.1) is 30.1 Å². The van der Waals surface area contributed by atoms with Crippen LogP contribution in [0.4, 0.5) is 0 Å². The van der Waals surface area contributed by atoms with Gasteiger partial charge >= 0.3 is 0 Å². The maximum atomic E-state index is 13.8. The Kier molecular flexibility index (Phi) is 9.41. The van der Waals surface area contributed by atoms with Crippen LogP contribution in [0.3, 0.4) is 0 Å². The Labute approximate surface area is 282 Å². The second kappa shape index (κ2) is 12.1. The summed E-state index contributed by atoms with van der Waals surface area (Å²) in [5.41, 5.74) is 4.40. The molecule has 1 saturated heterocycles. The molecule has 0 unspecified atom stereocenters. The average molecular weight is 635 g/mol. The van der Waals surface area contributed by atoms with Gasteiger partial charge in [-0.05, 0) is 47.9 Å². The molecule has 1 N–H and O–H groups in total. The van der Waals surface area contributed by atoms with Gasteiger partial charge in [0, 0.05) is 43.6 Å². The Morgan fingerprint density at radius 3 is 2.07 bits per heavy atom.